The number of benzene rings is 2. The van der Waals surface area contributed by atoms with Crippen molar-refractivity contribution < 1.29 is 31.1 Å². The van der Waals surface area contributed by atoms with Crippen LogP contribution in [0.1, 0.15) is 10.4 Å². The Morgan fingerprint density at radius 2 is 1.63 bits per heavy atom. The number of morpholine rings is 1. The molecule has 1 N–H and O–H groups in total. The predicted octanol–water partition coefficient (Wildman–Crippen LogP) is 2.38. The van der Waals surface area contributed by atoms with E-state index < -0.39 is 44.0 Å². The van der Waals surface area contributed by atoms with E-state index in [0.717, 1.165) is 40.7 Å². The van der Waals surface area contributed by atoms with Crippen LogP contribution in [-0.2, 0) is 14.8 Å². The molecule has 0 spiro atoms. The highest BCUT2D eigenvalue weighted by Crippen LogP contribution is 2.23. The number of hydrogen-bond acceptors (Lipinski definition) is 4. The Kier molecular flexibility index (Phi) is 5.49. The van der Waals surface area contributed by atoms with Gasteiger partial charge in [0.05, 0.1) is 13.2 Å². The van der Waals surface area contributed by atoms with Gasteiger partial charge >= 0.3 is 0 Å². The van der Waals surface area contributed by atoms with E-state index in [-0.39, 0.29) is 31.9 Å². The number of carbonyl (C=O) groups excluding carboxylic acids is 1. The summed E-state index contributed by atoms with van der Waals surface area (Å²) < 4.78 is 72.9. The minimum atomic E-state index is -4.19. The third kappa shape index (κ3) is 3.97. The summed E-state index contributed by atoms with van der Waals surface area (Å²) >= 11 is 0. The Morgan fingerprint density at radius 3 is 2.26 bits per heavy atom. The first-order valence-electron chi connectivity index (χ1n) is 7.93. The molecule has 0 aromatic heterocycles. The fourth-order valence-electron chi connectivity index (χ4n) is 2.57. The Balaban J connectivity index is 1.92. The molecular formula is C17H15F3N2O4S. The van der Waals surface area contributed by atoms with E-state index >= 15 is 0 Å². The van der Waals surface area contributed by atoms with Crippen LogP contribution in [0.4, 0.5) is 18.9 Å². The topological polar surface area (TPSA) is 75.7 Å². The molecule has 1 fully saturated rings. The molecule has 1 saturated heterocycles. The molecule has 0 bridgehead atoms. The number of para-hydroxylation sites is 1. The van der Waals surface area contributed by atoms with E-state index in [0.29, 0.717) is 0 Å². The highest BCUT2D eigenvalue weighted by atomic mass is 32.2. The van der Waals surface area contributed by atoms with Gasteiger partial charge in [-0.05, 0) is 30.3 Å². The standard InChI is InChI=1S/C17H15F3N2O4S/c18-12-5-4-11(17(23)21-16-13(19)2-1-3-14(16)20)10-15(12)27(24,25)22-6-8-26-9-7-22/h1-5,10H,6-9H2,(H,21,23). The Morgan fingerprint density at radius 1 is 1.00 bits per heavy atom. The van der Waals surface area contributed by atoms with Gasteiger partial charge in [0, 0.05) is 18.7 Å². The second kappa shape index (κ2) is 7.67. The van der Waals surface area contributed by atoms with Crippen LogP contribution in [0.25, 0.3) is 0 Å². The number of carbonyl (C=O) groups is 1. The van der Waals surface area contributed by atoms with Crippen molar-refractivity contribution in [3.63, 3.8) is 0 Å². The molecule has 0 atom stereocenters. The van der Waals surface area contributed by atoms with Crippen molar-refractivity contribution in [3.8, 4) is 0 Å². The van der Waals surface area contributed by atoms with E-state index in [4.69, 9.17) is 4.74 Å². The number of hydrogen-bond donors (Lipinski definition) is 1. The molecule has 0 unspecified atom stereocenters. The molecule has 3 rings (SSSR count). The molecular weight excluding hydrogens is 385 g/mol. The molecule has 0 saturated carbocycles. The van der Waals surface area contributed by atoms with Gasteiger partial charge in [-0.1, -0.05) is 6.07 Å². The Hall–Kier alpha value is -2.43. The van der Waals surface area contributed by atoms with E-state index in [9.17, 15) is 26.4 Å². The molecule has 0 aliphatic carbocycles. The maximum absolute atomic E-state index is 14.1. The second-order valence-electron chi connectivity index (χ2n) is 5.71. The zero-order valence-corrected chi connectivity index (χ0v) is 14.7. The monoisotopic (exact) mass is 400 g/mol. The average Bonchev–Trinajstić information content (AvgIpc) is 2.65. The van der Waals surface area contributed by atoms with Gasteiger partial charge < -0.3 is 10.1 Å². The maximum atomic E-state index is 14.1. The Labute approximate surface area is 153 Å². The minimum Gasteiger partial charge on any atom is -0.379 e. The van der Waals surface area contributed by atoms with E-state index in [1.54, 1.807) is 0 Å². The fourth-order valence-corrected chi connectivity index (χ4v) is 4.07. The van der Waals surface area contributed by atoms with Gasteiger partial charge in [0.2, 0.25) is 10.0 Å². The summed E-state index contributed by atoms with van der Waals surface area (Å²) in [5, 5.41) is 2.03. The average molecular weight is 400 g/mol. The molecule has 2 aromatic rings. The van der Waals surface area contributed by atoms with E-state index in [1.165, 1.54) is 0 Å². The number of amides is 1. The van der Waals surface area contributed by atoms with E-state index in [1.807, 2.05) is 5.32 Å². The van der Waals surface area contributed by atoms with Gasteiger partial charge in [-0.25, -0.2) is 21.6 Å². The number of ether oxygens (including phenoxy) is 1. The number of nitrogens with one attached hydrogen (secondary N) is 1. The largest absolute Gasteiger partial charge is 0.379 e. The summed E-state index contributed by atoms with van der Waals surface area (Å²) in [7, 11) is -4.19. The van der Waals surface area contributed by atoms with Gasteiger partial charge in [0.1, 0.15) is 28.0 Å². The molecule has 1 amide bonds. The lowest BCUT2D eigenvalue weighted by atomic mass is 10.2. The van der Waals surface area contributed by atoms with E-state index in [2.05, 4.69) is 0 Å². The number of halogens is 3. The lowest BCUT2D eigenvalue weighted by Gasteiger charge is -2.26. The number of nitrogens with zero attached hydrogens (tertiary/aromatic N) is 1. The first-order chi connectivity index (χ1) is 12.8. The summed E-state index contributed by atoms with van der Waals surface area (Å²) in [5.41, 5.74) is -0.935. The Bertz CT molecular complexity index is 956. The van der Waals surface area contributed by atoms with Crippen LogP contribution in [0.15, 0.2) is 41.3 Å². The summed E-state index contributed by atoms with van der Waals surface area (Å²) in [6.07, 6.45) is 0. The zero-order chi connectivity index (χ0) is 19.6. The predicted molar refractivity (Wildman–Crippen MR) is 90.3 cm³/mol. The van der Waals surface area contributed by atoms with Crippen molar-refractivity contribution in [1.82, 2.24) is 4.31 Å². The van der Waals surface area contributed by atoms with Crippen LogP contribution in [0.2, 0.25) is 0 Å². The molecule has 1 heterocycles. The van der Waals surface area contributed by atoms with Crippen molar-refractivity contribution in [2.45, 2.75) is 4.90 Å². The maximum Gasteiger partial charge on any atom is 0.255 e. The molecule has 2 aromatic carbocycles. The summed E-state index contributed by atoms with van der Waals surface area (Å²) in [4.78, 5) is 11.6. The van der Waals surface area contributed by atoms with Crippen molar-refractivity contribution in [2.24, 2.45) is 0 Å². The van der Waals surface area contributed by atoms with Gasteiger partial charge in [0.15, 0.2) is 0 Å². The van der Waals surface area contributed by atoms with Gasteiger partial charge in [-0.2, -0.15) is 4.31 Å². The molecule has 27 heavy (non-hydrogen) atoms. The molecule has 6 nitrogen and oxygen atoms in total. The van der Waals surface area contributed by atoms with Crippen molar-refractivity contribution in [1.29, 1.82) is 0 Å². The highest BCUT2D eigenvalue weighted by molar-refractivity contribution is 7.89. The van der Waals surface area contributed by atoms with Gasteiger partial charge in [-0.15, -0.1) is 0 Å². The molecule has 1 aliphatic heterocycles. The number of anilines is 1. The quantitative estimate of drug-likeness (QED) is 0.855. The zero-order valence-electron chi connectivity index (χ0n) is 13.9. The normalized spacial score (nSPS) is 15.5. The molecule has 10 heteroatoms. The highest BCUT2D eigenvalue weighted by Gasteiger charge is 2.30. The fraction of sp³-hybridized carbons (Fsp3) is 0.235. The molecule has 144 valence electrons. The smallest absolute Gasteiger partial charge is 0.255 e. The lowest BCUT2D eigenvalue weighted by Crippen LogP contribution is -2.41. The van der Waals surface area contributed by atoms with Crippen LogP contribution in [-0.4, -0.2) is 44.9 Å². The van der Waals surface area contributed by atoms with Crippen molar-refractivity contribution >= 4 is 21.6 Å². The molecule has 0 radical (unpaired) electrons. The third-order valence-electron chi connectivity index (χ3n) is 3.98. The van der Waals surface area contributed by atoms with Crippen molar-refractivity contribution in [3.05, 3.63) is 59.4 Å². The molecule has 1 aliphatic rings. The minimum absolute atomic E-state index is 0.0542. The summed E-state index contributed by atoms with van der Waals surface area (Å²) in [6, 6.07) is 5.73. The van der Waals surface area contributed by atoms with Crippen LogP contribution >= 0.6 is 0 Å². The SMILES string of the molecule is O=C(Nc1c(F)cccc1F)c1ccc(F)c(S(=O)(=O)N2CCOCC2)c1. The first kappa shape index (κ1) is 19.3. The lowest BCUT2D eigenvalue weighted by molar-refractivity contribution is 0.0729. The van der Waals surface area contributed by atoms with Crippen LogP contribution in [0, 0.1) is 17.5 Å². The number of rotatable bonds is 4. The second-order valence-corrected chi connectivity index (χ2v) is 7.62. The van der Waals surface area contributed by atoms with Crippen LogP contribution in [0.5, 0.6) is 0 Å². The first-order valence-corrected chi connectivity index (χ1v) is 9.37. The van der Waals surface area contributed by atoms with Crippen molar-refractivity contribution in [2.75, 3.05) is 31.6 Å². The van der Waals surface area contributed by atoms with Crippen LogP contribution < -0.4 is 5.32 Å². The third-order valence-corrected chi connectivity index (χ3v) is 5.90. The van der Waals surface area contributed by atoms with Gasteiger partial charge in [0.25, 0.3) is 5.91 Å². The summed E-state index contributed by atoms with van der Waals surface area (Å²) in [6.45, 7) is 0.457. The number of sulfonamides is 1. The van der Waals surface area contributed by atoms with Crippen LogP contribution in [0.3, 0.4) is 0 Å². The van der Waals surface area contributed by atoms with Gasteiger partial charge in [-0.3, -0.25) is 4.79 Å². The summed E-state index contributed by atoms with van der Waals surface area (Å²) in [5.74, 6) is -3.99.